The molecular formula is C26H35Cl2FN4O2S. The van der Waals surface area contributed by atoms with Gasteiger partial charge in [-0.05, 0) is 81.2 Å². The van der Waals surface area contributed by atoms with Gasteiger partial charge in [0.25, 0.3) is 0 Å². The Labute approximate surface area is 226 Å². The Kier molecular flexibility index (Phi) is 11.4. The van der Waals surface area contributed by atoms with Gasteiger partial charge in [-0.2, -0.15) is 0 Å². The van der Waals surface area contributed by atoms with Crippen LogP contribution in [0.2, 0.25) is 0 Å². The Morgan fingerprint density at radius 1 is 1.03 bits per heavy atom. The molecule has 0 spiro atoms. The first-order chi connectivity index (χ1) is 16.3. The van der Waals surface area contributed by atoms with Crippen molar-refractivity contribution in [1.29, 1.82) is 0 Å². The maximum atomic E-state index is 13.3. The minimum Gasteiger partial charge on any atom is -0.375 e. The number of piperidine rings is 1. The molecule has 0 N–H and O–H groups in total. The molecule has 4 rings (SSSR count). The number of rotatable bonds is 9. The molecule has 0 aliphatic carbocycles. The van der Waals surface area contributed by atoms with Gasteiger partial charge in [-0.1, -0.05) is 12.1 Å². The van der Waals surface area contributed by atoms with E-state index in [2.05, 4.69) is 14.8 Å². The molecule has 10 heteroatoms. The van der Waals surface area contributed by atoms with Gasteiger partial charge in [0, 0.05) is 56.0 Å². The van der Waals surface area contributed by atoms with Crippen LogP contribution in [0.15, 0.2) is 65.8 Å². The first-order valence-electron chi connectivity index (χ1n) is 11.8. The molecule has 0 bridgehead atoms. The van der Waals surface area contributed by atoms with E-state index in [0.29, 0.717) is 22.7 Å². The summed E-state index contributed by atoms with van der Waals surface area (Å²) in [7, 11) is 0.149. The molecule has 1 aliphatic heterocycles. The third-order valence-corrected chi connectivity index (χ3v) is 8.67. The number of fused-ring (bicyclic) bond motifs is 1. The maximum absolute atomic E-state index is 13.3. The number of halogens is 3. The summed E-state index contributed by atoms with van der Waals surface area (Å²) >= 11 is 0. The number of nitrogens with zero attached hydrogens (tertiary/aromatic N) is 4. The van der Waals surface area contributed by atoms with Crippen LogP contribution in [-0.2, 0) is 10.0 Å². The lowest BCUT2D eigenvalue weighted by Crippen LogP contribution is -2.40. The molecule has 2 aromatic carbocycles. The Balaban J connectivity index is 0.00000228. The summed E-state index contributed by atoms with van der Waals surface area (Å²) in [6, 6.07) is 13.7. The maximum Gasteiger partial charge on any atom is 0.243 e. The van der Waals surface area contributed by atoms with Crippen LogP contribution in [0.5, 0.6) is 0 Å². The Morgan fingerprint density at radius 2 is 1.72 bits per heavy atom. The summed E-state index contributed by atoms with van der Waals surface area (Å²) < 4.78 is 41.2. The van der Waals surface area contributed by atoms with Crippen LogP contribution >= 0.6 is 24.8 Å². The standard InChI is InChI=1S/C26H33FN4O2S.2ClH/c1-29(24-9-7-23(27)8-10-24)15-4-16-31-17-12-21(13-18-31)20-30(2)34(32,33)26-6-3-5-22-19-28-14-11-25(22)26;;/h3,5-11,14,19,21H,4,12-13,15-18,20H2,1-2H3;2*1H. The van der Waals surface area contributed by atoms with E-state index >= 15 is 0 Å². The van der Waals surface area contributed by atoms with Gasteiger partial charge >= 0.3 is 0 Å². The lowest BCUT2D eigenvalue weighted by Gasteiger charge is -2.34. The third-order valence-electron chi connectivity index (χ3n) is 6.79. The molecule has 0 unspecified atom stereocenters. The number of hydrogen-bond acceptors (Lipinski definition) is 5. The van der Waals surface area contributed by atoms with Crippen LogP contribution in [0.4, 0.5) is 10.1 Å². The Bertz CT molecular complexity index is 1200. The predicted octanol–water partition coefficient (Wildman–Crippen LogP) is 5.08. The third kappa shape index (κ3) is 7.29. The highest BCUT2D eigenvalue weighted by molar-refractivity contribution is 7.89. The molecule has 1 fully saturated rings. The average Bonchev–Trinajstić information content (AvgIpc) is 2.85. The molecule has 0 saturated carbocycles. The van der Waals surface area contributed by atoms with Gasteiger partial charge in [0.05, 0.1) is 4.90 Å². The van der Waals surface area contributed by atoms with Gasteiger partial charge < -0.3 is 9.80 Å². The SMILES string of the molecule is CN(CCCN1CCC(CN(C)S(=O)(=O)c2cccc3cnccc23)CC1)c1ccc(F)cc1.Cl.Cl. The van der Waals surface area contributed by atoms with E-state index in [1.54, 1.807) is 49.8 Å². The molecule has 0 atom stereocenters. The summed E-state index contributed by atoms with van der Waals surface area (Å²) in [5.74, 6) is 0.141. The van der Waals surface area contributed by atoms with Crippen molar-refractivity contribution in [3.05, 3.63) is 66.7 Å². The highest BCUT2D eigenvalue weighted by atomic mass is 35.5. The summed E-state index contributed by atoms with van der Waals surface area (Å²) in [6.45, 7) is 4.42. The minimum absolute atomic E-state index is 0. The molecule has 36 heavy (non-hydrogen) atoms. The fourth-order valence-corrected chi connectivity index (χ4v) is 6.15. The zero-order valence-corrected chi connectivity index (χ0v) is 23.2. The van der Waals surface area contributed by atoms with Gasteiger partial charge in [-0.25, -0.2) is 17.1 Å². The van der Waals surface area contributed by atoms with Gasteiger partial charge in [0.1, 0.15) is 5.82 Å². The van der Waals surface area contributed by atoms with Crippen LogP contribution in [0.25, 0.3) is 10.8 Å². The first kappa shape index (κ1) is 30.3. The first-order valence-corrected chi connectivity index (χ1v) is 13.3. The fraction of sp³-hybridized carbons (Fsp3) is 0.423. The van der Waals surface area contributed by atoms with E-state index < -0.39 is 10.0 Å². The second-order valence-corrected chi connectivity index (χ2v) is 11.2. The largest absolute Gasteiger partial charge is 0.375 e. The molecule has 0 amide bonds. The second kappa shape index (κ2) is 13.5. The van der Waals surface area contributed by atoms with Crippen molar-refractivity contribution in [3.8, 4) is 0 Å². The molecule has 198 valence electrons. The van der Waals surface area contributed by atoms with E-state index in [-0.39, 0.29) is 30.6 Å². The molecule has 1 aliphatic rings. The summed E-state index contributed by atoms with van der Waals surface area (Å²) in [5, 5.41) is 1.54. The molecule has 1 saturated heterocycles. The topological polar surface area (TPSA) is 56.8 Å². The van der Waals surface area contributed by atoms with Gasteiger partial charge in [-0.3, -0.25) is 4.98 Å². The van der Waals surface area contributed by atoms with E-state index in [9.17, 15) is 12.8 Å². The molecular weight excluding hydrogens is 522 g/mol. The summed E-state index contributed by atoms with van der Waals surface area (Å²) in [4.78, 5) is 9.05. The molecule has 0 radical (unpaired) electrons. The van der Waals surface area contributed by atoms with Crippen LogP contribution in [0.3, 0.4) is 0 Å². The van der Waals surface area contributed by atoms with E-state index in [1.807, 2.05) is 13.1 Å². The van der Waals surface area contributed by atoms with E-state index in [1.165, 1.54) is 16.4 Å². The number of aromatic nitrogens is 1. The predicted molar refractivity (Wildman–Crippen MR) is 150 cm³/mol. The smallest absolute Gasteiger partial charge is 0.243 e. The van der Waals surface area contributed by atoms with E-state index in [0.717, 1.165) is 56.5 Å². The van der Waals surface area contributed by atoms with Crippen LogP contribution in [0.1, 0.15) is 19.3 Å². The van der Waals surface area contributed by atoms with Crippen molar-refractivity contribution in [2.45, 2.75) is 24.2 Å². The zero-order valence-electron chi connectivity index (χ0n) is 20.7. The van der Waals surface area contributed by atoms with Crippen molar-refractivity contribution in [1.82, 2.24) is 14.2 Å². The summed E-state index contributed by atoms with van der Waals surface area (Å²) in [6.07, 6.45) is 6.35. The monoisotopic (exact) mass is 556 g/mol. The normalized spacial score (nSPS) is 14.9. The number of benzene rings is 2. The van der Waals surface area contributed by atoms with E-state index in [4.69, 9.17) is 0 Å². The Hall–Kier alpha value is -1.97. The quantitative estimate of drug-likeness (QED) is 0.368. The van der Waals surface area contributed by atoms with Gasteiger partial charge in [-0.15, -0.1) is 24.8 Å². The van der Waals surface area contributed by atoms with Crippen LogP contribution in [-0.4, -0.2) is 69.4 Å². The number of pyridine rings is 1. The molecule has 3 aromatic rings. The second-order valence-electron chi connectivity index (χ2n) is 9.18. The molecule has 2 heterocycles. The minimum atomic E-state index is -3.57. The van der Waals surface area contributed by atoms with Crippen molar-refractivity contribution in [2.75, 3.05) is 51.7 Å². The van der Waals surface area contributed by atoms with Gasteiger partial charge in [0.2, 0.25) is 10.0 Å². The fourth-order valence-electron chi connectivity index (χ4n) is 4.70. The number of sulfonamides is 1. The number of hydrogen-bond donors (Lipinski definition) is 0. The number of anilines is 1. The van der Waals surface area contributed by atoms with Gasteiger partial charge in [0.15, 0.2) is 0 Å². The van der Waals surface area contributed by atoms with Crippen molar-refractivity contribution < 1.29 is 12.8 Å². The Morgan fingerprint density at radius 3 is 2.42 bits per heavy atom. The lowest BCUT2D eigenvalue weighted by molar-refractivity contribution is 0.172. The highest BCUT2D eigenvalue weighted by Gasteiger charge is 2.27. The number of likely N-dealkylation sites (tertiary alicyclic amines) is 1. The van der Waals surface area contributed by atoms with Crippen molar-refractivity contribution in [2.24, 2.45) is 5.92 Å². The summed E-state index contributed by atoms with van der Waals surface area (Å²) in [5.41, 5.74) is 1.02. The van der Waals surface area contributed by atoms with Crippen LogP contribution in [0, 0.1) is 11.7 Å². The van der Waals surface area contributed by atoms with Crippen molar-refractivity contribution >= 4 is 51.3 Å². The van der Waals surface area contributed by atoms with Crippen LogP contribution < -0.4 is 4.90 Å². The lowest BCUT2D eigenvalue weighted by atomic mass is 9.97. The van der Waals surface area contributed by atoms with Crippen molar-refractivity contribution in [3.63, 3.8) is 0 Å². The molecule has 1 aromatic heterocycles. The molecule has 6 nitrogen and oxygen atoms in total. The zero-order chi connectivity index (χ0) is 24.1. The average molecular weight is 558 g/mol. The highest BCUT2D eigenvalue weighted by Crippen LogP contribution is 2.27.